The lowest BCUT2D eigenvalue weighted by atomic mass is 10.1. The Morgan fingerprint density at radius 3 is 2.15 bits per heavy atom. The summed E-state index contributed by atoms with van der Waals surface area (Å²) in [5.74, 6) is 2.94. The zero-order valence-corrected chi connectivity index (χ0v) is 16.2. The molecule has 1 aromatic heterocycles. The van der Waals surface area contributed by atoms with E-state index in [-0.39, 0.29) is 6.04 Å². The van der Waals surface area contributed by atoms with E-state index >= 15 is 0 Å². The largest absolute Gasteiger partial charge is 0.497 e. The monoisotopic (exact) mass is 368 g/mol. The van der Waals surface area contributed by atoms with E-state index in [0.29, 0.717) is 28.8 Å². The number of nitrogens with two attached hydrogens (primary N) is 1. The number of hydrogen-bond donors (Lipinski definition) is 1. The molecule has 0 saturated heterocycles. The summed E-state index contributed by atoms with van der Waals surface area (Å²) in [6.07, 6.45) is 0. The molecular formula is C20H24N4O3. The van der Waals surface area contributed by atoms with Crippen LogP contribution in [0, 0.1) is 0 Å². The van der Waals surface area contributed by atoms with Gasteiger partial charge in [0, 0.05) is 18.5 Å². The van der Waals surface area contributed by atoms with Crippen molar-refractivity contribution in [1.82, 2.24) is 9.97 Å². The van der Waals surface area contributed by atoms with Crippen molar-refractivity contribution in [2.75, 3.05) is 39.0 Å². The van der Waals surface area contributed by atoms with E-state index in [9.17, 15) is 0 Å². The summed E-state index contributed by atoms with van der Waals surface area (Å²) in [6, 6.07) is 11.6. The Hall–Kier alpha value is -3.22. The second kappa shape index (κ2) is 7.57. The van der Waals surface area contributed by atoms with E-state index in [1.165, 1.54) is 0 Å². The first kappa shape index (κ1) is 18.6. The highest BCUT2D eigenvalue weighted by molar-refractivity contribution is 5.91. The molecule has 0 radical (unpaired) electrons. The van der Waals surface area contributed by atoms with Crippen LogP contribution in [0.3, 0.4) is 0 Å². The Labute approximate surface area is 158 Å². The van der Waals surface area contributed by atoms with Crippen LogP contribution in [0.25, 0.3) is 10.9 Å². The molecule has 3 aromatic rings. The molecule has 0 aliphatic heterocycles. The van der Waals surface area contributed by atoms with Gasteiger partial charge in [-0.2, -0.15) is 4.98 Å². The lowest BCUT2D eigenvalue weighted by Gasteiger charge is -2.26. The van der Waals surface area contributed by atoms with Crippen molar-refractivity contribution in [1.29, 1.82) is 0 Å². The predicted octanol–water partition coefficient (Wildman–Crippen LogP) is 3.44. The maximum Gasteiger partial charge on any atom is 0.228 e. The zero-order chi connectivity index (χ0) is 19.6. The minimum atomic E-state index is 0.0490. The molecule has 27 heavy (non-hydrogen) atoms. The minimum absolute atomic E-state index is 0.0490. The van der Waals surface area contributed by atoms with Crippen LogP contribution in [-0.2, 0) is 0 Å². The number of ether oxygens (including phenoxy) is 3. The molecule has 0 saturated carbocycles. The van der Waals surface area contributed by atoms with Crippen LogP contribution in [0.4, 0.5) is 11.8 Å². The van der Waals surface area contributed by atoms with Crippen LogP contribution in [0.1, 0.15) is 18.5 Å². The molecule has 0 fully saturated rings. The van der Waals surface area contributed by atoms with E-state index in [1.54, 1.807) is 27.4 Å². The quantitative estimate of drug-likeness (QED) is 0.713. The standard InChI is InChI=1S/C20H24N4O3/c1-12(13-6-8-14(25-3)9-7-13)24(2)20-22-16-11-18(27-5)17(26-4)10-15(16)19(21)23-20/h6-12H,1-5H3,(H2,21,22,23). The van der Waals surface area contributed by atoms with Crippen LogP contribution in [-0.4, -0.2) is 38.3 Å². The third kappa shape index (κ3) is 3.53. The number of anilines is 2. The van der Waals surface area contributed by atoms with Crippen molar-refractivity contribution in [3.63, 3.8) is 0 Å². The van der Waals surface area contributed by atoms with Crippen molar-refractivity contribution >= 4 is 22.7 Å². The molecule has 3 rings (SSSR count). The van der Waals surface area contributed by atoms with E-state index in [1.807, 2.05) is 42.3 Å². The Balaban J connectivity index is 1.99. The van der Waals surface area contributed by atoms with Gasteiger partial charge in [-0.15, -0.1) is 0 Å². The predicted molar refractivity (Wildman–Crippen MR) is 107 cm³/mol. The van der Waals surface area contributed by atoms with Gasteiger partial charge in [0.1, 0.15) is 11.6 Å². The van der Waals surface area contributed by atoms with Gasteiger partial charge < -0.3 is 24.8 Å². The van der Waals surface area contributed by atoms with Gasteiger partial charge in [0.05, 0.1) is 32.9 Å². The van der Waals surface area contributed by atoms with Gasteiger partial charge in [-0.1, -0.05) is 12.1 Å². The van der Waals surface area contributed by atoms with Crippen LogP contribution in [0.2, 0.25) is 0 Å². The number of rotatable bonds is 6. The average Bonchev–Trinajstić information content (AvgIpc) is 2.71. The molecule has 2 aromatic carbocycles. The van der Waals surface area contributed by atoms with E-state index in [4.69, 9.17) is 19.9 Å². The number of benzene rings is 2. The Morgan fingerprint density at radius 2 is 1.56 bits per heavy atom. The van der Waals surface area contributed by atoms with Crippen molar-refractivity contribution < 1.29 is 14.2 Å². The number of fused-ring (bicyclic) bond motifs is 1. The van der Waals surface area contributed by atoms with Crippen molar-refractivity contribution in [3.05, 3.63) is 42.0 Å². The number of hydrogen-bond acceptors (Lipinski definition) is 7. The smallest absolute Gasteiger partial charge is 0.228 e. The Kier molecular flexibility index (Phi) is 5.21. The van der Waals surface area contributed by atoms with Gasteiger partial charge in [-0.3, -0.25) is 0 Å². The lowest BCUT2D eigenvalue weighted by Crippen LogP contribution is -2.24. The van der Waals surface area contributed by atoms with Gasteiger partial charge in [0.2, 0.25) is 5.95 Å². The van der Waals surface area contributed by atoms with Crippen LogP contribution < -0.4 is 24.8 Å². The SMILES string of the molecule is COc1ccc(C(C)N(C)c2nc(N)c3cc(OC)c(OC)cc3n2)cc1. The summed E-state index contributed by atoms with van der Waals surface area (Å²) in [6.45, 7) is 2.08. The molecular weight excluding hydrogens is 344 g/mol. The third-order valence-electron chi connectivity index (χ3n) is 4.71. The highest BCUT2D eigenvalue weighted by Gasteiger charge is 2.18. The van der Waals surface area contributed by atoms with Crippen molar-refractivity contribution in [2.45, 2.75) is 13.0 Å². The fraction of sp³-hybridized carbons (Fsp3) is 0.300. The fourth-order valence-corrected chi connectivity index (χ4v) is 2.90. The molecule has 0 amide bonds. The van der Waals surface area contributed by atoms with Gasteiger partial charge in [0.25, 0.3) is 0 Å². The average molecular weight is 368 g/mol. The molecule has 7 heteroatoms. The molecule has 0 aliphatic rings. The highest BCUT2D eigenvalue weighted by Crippen LogP contribution is 2.35. The minimum Gasteiger partial charge on any atom is -0.497 e. The third-order valence-corrected chi connectivity index (χ3v) is 4.71. The molecule has 1 heterocycles. The van der Waals surface area contributed by atoms with Crippen molar-refractivity contribution in [2.24, 2.45) is 0 Å². The number of nitrogen functional groups attached to an aromatic ring is 1. The maximum atomic E-state index is 6.20. The number of methoxy groups -OCH3 is 3. The summed E-state index contributed by atoms with van der Waals surface area (Å²) >= 11 is 0. The van der Waals surface area contributed by atoms with E-state index in [2.05, 4.69) is 16.9 Å². The summed E-state index contributed by atoms with van der Waals surface area (Å²) in [5.41, 5.74) is 8.01. The molecule has 7 nitrogen and oxygen atoms in total. The normalized spacial score (nSPS) is 11.9. The Bertz CT molecular complexity index is 944. The first-order valence-electron chi connectivity index (χ1n) is 8.54. The van der Waals surface area contributed by atoms with Crippen LogP contribution >= 0.6 is 0 Å². The molecule has 0 spiro atoms. The van der Waals surface area contributed by atoms with E-state index in [0.717, 1.165) is 16.7 Å². The van der Waals surface area contributed by atoms with Gasteiger partial charge in [-0.25, -0.2) is 4.98 Å². The lowest BCUT2D eigenvalue weighted by molar-refractivity contribution is 0.356. The highest BCUT2D eigenvalue weighted by atomic mass is 16.5. The number of aromatic nitrogens is 2. The summed E-state index contributed by atoms with van der Waals surface area (Å²) < 4.78 is 15.9. The summed E-state index contributed by atoms with van der Waals surface area (Å²) in [5, 5.41) is 0.724. The molecule has 1 atom stereocenters. The van der Waals surface area contributed by atoms with Crippen LogP contribution in [0.15, 0.2) is 36.4 Å². The van der Waals surface area contributed by atoms with Gasteiger partial charge in [-0.05, 0) is 30.7 Å². The summed E-state index contributed by atoms with van der Waals surface area (Å²) in [4.78, 5) is 11.1. The van der Waals surface area contributed by atoms with Crippen LogP contribution in [0.5, 0.6) is 17.2 Å². The topological polar surface area (TPSA) is 82.7 Å². The zero-order valence-electron chi connectivity index (χ0n) is 16.2. The molecule has 142 valence electrons. The second-order valence-electron chi connectivity index (χ2n) is 6.19. The van der Waals surface area contributed by atoms with E-state index < -0.39 is 0 Å². The molecule has 0 aliphatic carbocycles. The fourth-order valence-electron chi connectivity index (χ4n) is 2.90. The van der Waals surface area contributed by atoms with Gasteiger partial charge >= 0.3 is 0 Å². The molecule has 1 unspecified atom stereocenters. The molecule has 2 N–H and O–H groups in total. The molecule has 0 bridgehead atoms. The first-order chi connectivity index (χ1) is 13.0. The number of nitrogens with zero attached hydrogens (tertiary/aromatic N) is 3. The summed E-state index contributed by atoms with van der Waals surface area (Å²) in [7, 11) is 6.77. The van der Waals surface area contributed by atoms with Gasteiger partial charge in [0.15, 0.2) is 11.5 Å². The second-order valence-corrected chi connectivity index (χ2v) is 6.19. The maximum absolute atomic E-state index is 6.20. The first-order valence-corrected chi connectivity index (χ1v) is 8.54. The van der Waals surface area contributed by atoms with Crippen molar-refractivity contribution in [3.8, 4) is 17.2 Å². The Morgan fingerprint density at radius 1 is 0.926 bits per heavy atom.